The van der Waals surface area contributed by atoms with Crippen LogP contribution in [0, 0.1) is 0 Å². The Labute approximate surface area is 202 Å². The average Bonchev–Trinajstić information content (AvgIpc) is 3.08. The van der Waals surface area contributed by atoms with Gasteiger partial charge in [0.25, 0.3) is 11.8 Å². The molecule has 0 bridgehead atoms. The van der Waals surface area contributed by atoms with Gasteiger partial charge >= 0.3 is 5.97 Å². The number of hydrogen-bond acceptors (Lipinski definition) is 5. The summed E-state index contributed by atoms with van der Waals surface area (Å²) in [6, 6.07) is 22.9. The number of carboxylic acid groups (broad SMARTS) is 1. The van der Waals surface area contributed by atoms with E-state index in [9.17, 15) is 14.4 Å². The maximum absolute atomic E-state index is 13.4. The van der Waals surface area contributed by atoms with E-state index in [4.69, 9.17) is 5.11 Å². The summed E-state index contributed by atoms with van der Waals surface area (Å²) >= 11 is 1.22. The normalized spacial score (nSPS) is 13.5. The highest BCUT2D eigenvalue weighted by atomic mass is 32.2. The largest absolute Gasteiger partial charge is 0.478 e. The molecule has 1 aliphatic rings. The number of aromatic carboxylic acids is 1. The Kier molecular flexibility index (Phi) is 7.13. The predicted octanol–water partition coefficient (Wildman–Crippen LogP) is 5.72. The summed E-state index contributed by atoms with van der Waals surface area (Å²) in [5.41, 5.74) is 2.49. The minimum absolute atomic E-state index is 0.136. The van der Waals surface area contributed by atoms with Gasteiger partial charge in [0.15, 0.2) is 0 Å². The molecule has 2 N–H and O–H groups in total. The van der Waals surface area contributed by atoms with E-state index in [0.29, 0.717) is 11.4 Å². The summed E-state index contributed by atoms with van der Waals surface area (Å²) in [6.07, 6.45) is 3.12. The van der Waals surface area contributed by atoms with Crippen LogP contribution in [-0.4, -0.2) is 22.9 Å². The zero-order chi connectivity index (χ0) is 24.1. The molecule has 0 fully saturated rings. The van der Waals surface area contributed by atoms with Crippen molar-refractivity contribution in [2.45, 2.75) is 31.1 Å². The van der Waals surface area contributed by atoms with Crippen LogP contribution in [0.2, 0.25) is 0 Å². The lowest BCUT2D eigenvalue weighted by molar-refractivity contribution is -0.120. The van der Waals surface area contributed by atoms with E-state index in [1.807, 2.05) is 42.5 Å². The van der Waals surface area contributed by atoms with Crippen LogP contribution in [0.1, 0.15) is 35.7 Å². The Morgan fingerprint density at radius 2 is 1.59 bits per heavy atom. The molecular weight excluding hydrogens is 448 g/mol. The zero-order valence-corrected chi connectivity index (χ0v) is 19.5. The second kappa shape index (κ2) is 10.4. The second-order valence-corrected chi connectivity index (χ2v) is 8.93. The minimum Gasteiger partial charge on any atom is -0.478 e. The number of nitrogens with one attached hydrogen (secondary N) is 1. The van der Waals surface area contributed by atoms with Gasteiger partial charge in [-0.15, -0.1) is 0 Å². The van der Waals surface area contributed by atoms with Crippen molar-refractivity contribution in [3.8, 4) is 0 Å². The molecule has 3 aromatic rings. The number of imide groups is 1. The Morgan fingerprint density at radius 1 is 0.912 bits per heavy atom. The number of benzene rings is 3. The van der Waals surface area contributed by atoms with Crippen molar-refractivity contribution < 1.29 is 19.5 Å². The first kappa shape index (κ1) is 23.3. The molecule has 34 heavy (non-hydrogen) atoms. The molecule has 0 saturated heterocycles. The molecular formula is C27H24N2O4S. The zero-order valence-electron chi connectivity index (χ0n) is 18.7. The highest BCUT2D eigenvalue weighted by molar-refractivity contribution is 8.04. The topological polar surface area (TPSA) is 86.7 Å². The van der Waals surface area contributed by atoms with Gasteiger partial charge in [-0.1, -0.05) is 55.4 Å². The molecule has 2 amide bonds. The summed E-state index contributed by atoms with van der Waals surface area (Å²) in [5, 5.41) is 12.2. The monoisotopic (exact) mass is 472 g/mol. The third-order valence-corrected chi connectivity index (χ3v) is 6.51. The highest BCUT2D eigenvalue weighted by Gasteiger charge is 2.40. The standard InChI is InChI=1S/C27H24N2O4S/c1-2-3-7-18-10-16-21(17-11-18)29-25(30)23(28-20-14-12-19(13-15-20)27(32)33)24(26(29)31)34-22-8-5-4-6-9-22/h4-6,8-17,28H,2-3,7H2,1H3,(H,32,33). The van der Waals surface area contributed by atoms with Crippen LogP contribution in [0.5, 0.6) is 0 Å². The predicted molar refractivity (Wildman–Crippen MR) is 134 cm³/mol. The van der Waals surface area contributed by atoms with E-state index in [0.717, 1.165) is 29.7 Å². The number of carbonyl (C=O) groups is 3. The van der Waals surface area contributed by atoms with E-state index in [1.165, 1.54) is 28.8 Å². The van der Waals surface area contributed by atoms with Crippen LogP contribution in [0.25, 0.3) is 0 Å². The van der Waals surface area contributed by atoms with E-state index < -0.39 is 17.8 Å². The molecule has 0 atom stereocenters. The molecule has 0 spiro atoms. The van der Waals surface area contributed by atoms with Crippen molar-refractivity contribution in [3.63, 3.8) is 0 Å². The number of carboxylic acids is 1. The summed E-state index contributed by atoms with van der Waals surface area (Å²) in [5.74, 6) is -1.89. The molecule has 3 aromatic carbocycles. The lowest BCUT2D eigenvalue weighted by atomic mass is 10.1. The average molecular weight is 473 g/mol. The number of thioether (sulfide) groups is 1. The number of aryl methyl sites for hydroxylation is 1. The van der Waals surface area contributed by atoms with E-state index in [1.54, 1.807) is 24.3 Å². The molecule has 0 radical (unpaired) electrons. The van der Waals surface area contributed by atoms with E-state index >= 15 is 0 Å². The quantitative estimate of drug-likeness (QED) is 0.388. The van der Waals surface area contributed by atoms with Crippen molar-refractivity contribution in [2.75, 3.05) is 10.2 Å². The fourth-order valence-corrected chi connectivity index (χ4v) is 4.54. The third-order valence-electron chi connectivity index (χ3n) is 5.42. The Balaban J connectivity index is 1.66. The van der Waals surface area contributed by atoms with E-state index in [2.05, 4.69) is 12.2 Å². The van der Waals surface area contributed by atoms with Gasteiger partial charge < -0.3 is 10.4 Å². The number of nitrogens with zero attached hydrogens (tertiary/aromatic N) is 1. The maximum atomic E-state index is 13.4. The van der Waals surface area contributed by atoms with Crippen LogP contribution in [0.4, 0.5) is 11.4 Å². The van der Waals surface area contributed by atoms with Crippen LogP contribution in [0.3, 0.4) is 0 Å². The smallest absolute Gasteiger partial charge is 0.335 e. The van der Waals surface area contributed by atoms with Crippen LogP contribution < -0.4 is 10.2 Å². The van der Waals surface area contributed by atoms with Crippen LogP contribution >= 0.6 is 11.8 Å². The molecule has 0 saturated carbocycles. The SMILES string of the molecule is CCCCc1ccc(N2C(=O)C(Nc3ccc(C(=O)O)cc3)=C(Sc3ccccc3)C2=O)cc1. The van der Waals surface area contributed by atoms with Gasteiger partial charge in [-0.3, -0.25) is 9.59 Å². The molecule has 1 aliphatic heterocycles. The Bertz CT molecular complexity index is 1240. The van der Waals surface area contributed by atoms with Crippen molar-refractivity contribution in [2.24, 2.45) is 0 Å². The van der Waals surface area contributed by atoms with E-state index in [-0.39, 0.29) is 16.2 Å². The molecule has 1 heterocycles. The van der Waals surface area contributed by atoms with Crippen LogP contribution in [0.15, 0.2) is 94.4 Å². The van der Waals surface area contributed by atoms with Crippen molar-refractivity contribution >= 4 is 40.9 Å². The number of hydrogen-bond donors (Lipinski definition) is 2. The van der Waals surface area contributed by atoms with Gasteiger partial charge in [0.2, 0.25) is 0 Å². The third kappa shape index (κ3) is 5.05. The highest BCUT2D eigenvalue weighted by Crippen LogP contribution is 2.37. The second-order valence-electron chi connectivity index (χ2n) is 7.84. The number of carbonyl (C=O) groups excluding carboxylic acids is 2. The fraction of sp³-hybridized carbons (Fsp3) is 0.148. The van der Waals surface area contributed by atoms with Gasteiger partial charge in [-0.2, -0.15) is 0 Å². The molecule has 0 aromatic heterocycles. The number of unbranched alkanes of at least 4 members (excludes halogenated alkanes) is 1. The van der Waals surface area contributed by atoms with Gasteiger partial charge in [0.1, 0.15) is 10.6 Å². The van der Waals surface area contributed by atoms with Gasteiger partial charge in [0, 0.05) is 10.6 Å². The first-order chi connectivity index (χ1) is 16.5. The molecule has 7 heteroatoms. The minimum atomic E-state index is -1.04. The van der Waals surface area contributed by atoms with Gasteiger partial charge in [-0.25, -0.2) is 9.69 Å². The molecule has 4 rings (SSSR count). The summed E-state index contributed by atoms with van der Waals surface area (Å²) < 4.78 is 0. The first-order valence-corrected chi connectivity index (χ1v) is 11.8. The number of rotatable bonds is 9. The van der Waals surface area contributed by atoms with Gasteiger partial charge in [0.05, 0.1) is 11.3 Å². The lowest BCUT2D eigenvalue weighted by Gasteiger charge is -2.16. The Morgan fingerprint density at radius 3 is 2.21 bits per heavy atom. The molecule has 0 aliphatic carbocycles. The summed E-state index contributed by atoms with van der Waals surface area (Å²) in [4.78, 5) is 40.3. The van der Waals surface area contributed by atoms with Gasteiger partial charge in [-0.05, 0) is 66.9 Å². The first-order valence-electron chi connectivity index (χ1n) is 11.0. The lowest BCUT2D eigenvalue weighted by Crippen LogP contribution is -2.32. The molecule has 6 nitrogen and oxygen atoms in total. The number of amides is 2. The summed E-state index contributed by atoms with van der Waals surface area (Å²) in [6.45, 7) is 2.14. The maximum Gasteiger partial charge on any atom is 0.335 e. The van der Waals surface area contributed by atoms with Crippen molar-refractivity contribution in [1.29, 1.82) is 0 Å². The number of anilines is 2. The fourth-order valence-electron chi connectivity index (χ4n) is 3.59. The van der Waals surface area contributed by atoms with Crippen molar-refractivity contribution in [1.82, 2.24) is 0 Å². The summed E-state index contributed by atoms with van der Waals surface area (Å²) in [7, 11) is 0. The molecule has 172 valence electrons. The van der Waals surface area contributed by atoms with Crippen LogP contribution in [-0.2, 0) is 16.0 Å². The van der Waals surface area contributed by atoms with Crippen molar-refractivity contribution in [3.05, 3.63) is 101 Å². The molecule has 0 unspecified atom stereocenters. The Hall–Kier alpha value is -3.84.